The first-order chi connectivity index (χ1) is 5.25. The molecule has 0 aromatic rings. The van der Waals surface area contributed by atoms with Crippen molar-refractivity contribution in [2.24, 2.45) is 11.8 Å². The maximum Gasteiger partial charge on any atom is 0.0571 e. The van der Waals surface area contributed by atoms with E-state index in [9.17, 15) is 5.11 Å². The van der Waals surface area contributed by atoms with Gasteiger partial charge in [-0.3, -0.25) is 0 Å². The van der Waals surface area contributed by atoms with Crippen molar-refractivity contribution in [2.75, 3.05) is 0 Å². The molecule has 1 nitrogen and oxygen atoms in total. The molecule has 64 valence electrons. The molecule has 0 spiro atoms. The Hall–Kier alpha value is -0.300. The molecule has 3 atom stereocenters. The molecule has 1 unspecified atom stereocenters. The number of aliphatic hydroxyl groups is 1. The molecular weight excluding hydrogens is 136 g/mol. The third-order valence-corrected chi connectivity index (χ3v) is 2.73. The maximum atomic E-state index is 9.62. The second kappa shape index (κ2) is 3.91. The van der Waals surface area contributed by atoms with Gasteiger partial charge in [-0.1, -0.05) is 26.0 Å². The van der Waals surface area contributed by atoms with Gasteiger partial charge < -0.3 is 5.11 Å². The van der Waals surface area contributed by atoms with Gasteiger partial charge >= 0.3 is 0 Å². The predicted molar refractivity (Wildman–Crippen MR) is 47.3 cm³/mol. The molecule has 0 bridgehead atoms. The molecule has 1 rings (SSSR count). The summed E-state index contributed by atoms with van der Waals surface area (Å²) in [6.07, 6.45) is 7.43. The van der Waals surface area contributed by atoms with Crippen molar-refractivity contribution in [1.82, 2.24) is 0 Å². The zero-order chi connectivity index (χ0) is 8.27. The molecular formula is C10H18O. The summed E-state index contributed by atoms with van der Waals surface area (Å²) in [7, 11) is 0. The van der Waals surface area contributed by atoms with Crippen LogP contribution >= 0.6 is 0 Å². The summed E-state index contributed by atoms with van der Waals surface area (Å²) < 4.78 is 0. The first kappa shape index (κ1) is 8.79. The van der Waals surface area contributed by atoms with Crippen molar-refractivity contribution in [1.29, 1.82) is 0 Å². The average Bonchev–Trinajstić information content (AvgIpc) is 2.04. The fourth-order valence-corrected chi connectivity index (χ4v) is 1.81. The lowest BCUT2D eigenvalue weighted by atomic mass is 9.80. The molecule has 0 fully saturated rings. The third-order valence-electron chi connectivity index (χ3n) is 2.73. The Morgan fingerprint density at radius 3 is 2.64 bits per heavy atom. The fourth-order valence-electron chi connectivity index (χ4n) is 1.81. The molecule has 0 radical (unpaired) electrons. The number of aliphatic hydroxyl groups excluding tert-OH is 1. The van der Waals surface area contributed by atoms with Crippen molar-refractivity contribution in [2.45, 2.75) is 39.2 Å². The van der Waals surface area contributed by atoms with Crippen LogP contribution in [0.2, 0.25) is 0 Å². The van der Waals surface area contributed by atoms with E-state index in [2.05, 4.69) is 26.0 Å². The van der Waals surface area contributed by atoms with Crippen molar-refractivity contribution < 1.29 is 5.11 Å². The molecule has 0 aliphatic heterocycles. The Labute approximate surface area is 69.1 Å². The van der Waals surface area contributed by atoms with Gasteiger partial charge in [-0.05, 0) is 31.1 Å². The highest BCUT2D eigenvalue weighted by atomic mass is 16.3. The van der Waals surface area contributed by atoms with Crippen LogP contribution in [0, 0.1) is 11.8 Å². The van der Waals surface area contributed by atoms with E-state index in [1.54, 1.807) is 0 Å². The van der Waals surface area contributed by atoms with Crippen LogP contribution in [0.4, 0.5) is 0 Å². The molecule has 0 saturated heterocycles. The molecule has 0 aromatic heterocycles. The molecule has 0 heterocycles. The lowest BCUT2D eigenvalue weighted by Gasteiger charge is -2.28. The Bertz CT molecular complexity index is 140. The SMILES string of the molecule is CCC(O)[C@H]1CC=CC[C@@H]1C. The normalized spacial score (nSPS) is 33.7. The van der Waals surface area contributed by atoms with Crippen LogP contribution in [0.15, 0.2) is 12.2 Å². The van der Waals surface area contributed by atoms with Gasteiger partial charge in [0.15, 0.2) is 0 Å². The van der Waals surface area contributed by atoms with E-state index in [-0.39, 0.29) is 6.10 Å². The van der Waals surface area contributed by atoms with Crippen molar-refractivity contribution in [3.05, 3.63) is 12.2 Å². The molecule has 0 amide bonds. The topological polar surface area (TPSA) is 20.2 Å². The van der Waals surface area contributed by atoms with E-state index >= 15 is 0 Å². The minimum absolute atomic E-state index is 0.0880. The van der Waals surface area contributed by atoms with Gasteiger partial charge in [-0.15, -0.1) is 0 Å². The number of allylic oxidation sites excluding steroid dienone is 2. The van der Waals surface area contributed by atoms with E-state index < -0.39 is 0 Å². The highest BCUT2D eigenvalue weighted by Crippen LogP contribution is 2.28. The molecule has 1 aliphatic rings. The second-order valence-electron chi connectivity index (χ2n) is 3.56. The summed E-state index contributed by atoms with van der Waals surface area (Å²) in [5.41, 5.74) is 0. The quantitative estimate of drug-likeness (QED) is 0.605. The summed E-state index contributed by atoms with van der Waals surface area (Å²) in [6, 6.07) is 0. The Balaban J connectivity index is 2.49. The molecule has 1 heteroatoms. The minimum Gasteiger partial charge on any atom is -0.393 e. The van der Waals surface area contributed by atoms with Gasteiger partial charge in [-0.25, -0.2) is 0 Å². The van der Waals surface area contributed by atoms with Crippen LogP contribution in [0.1, 0.15) is 33.1 Å². The zero-order valence-electron chi connectivity index (χ0n) is 7.46. The van der Waals surface area contributed by atoms with Crippen molar-refractivity contribution in [3.63, 3.8) is 0 Å². The largest absolute Gasteiger partial charge is 0.393 e. The fraction of sp³-hybridized carbons (Fsp3) is 0.800. The zero-order valence-corrected chi connectivity index (χ0v) is 7.46. The molecule has 0 aromatic carbocycles. The maximum absolute atomic E-state index is 9.62. The van der Waals surface area contributed by atoms with Gasteiger partial charge in [0.1, 0.15) is 0 Å². The monoisotopic (exact) mass is 154 g/mol. The van der Waals surface area contributed by atoms with E-state index in [1.807, 2.05) is 0 Å². The van der Waals surface area contributed by atoms with Crippen LogP contribution in [0.5, 0.6) is 0 Å². The van der Waals surface area contributed by atoms with Crippen LogP contribution in [-0.2, 0) is 0 Å². The number of hydrogen-bond donors (Lipinski definition) is 1. The standard InChI is InChI=1S/C10H18O/c1-3-10(11)9-7-5-4-6-8(9)2/h4-5,8-11H,3,6-7H2,1-2H3/t8-,9-,10?/m0/s1. The summed E-state index contributed by atoms with van der Waals surface area (Å²) in [6.45, 7) is 4.28. The summed E-state index contributed by atoms with van der Waals surface area (Å²) in [4.78, 5) is 0. The van der Waals surface area contributed by atoms with E-state index in [4.69, 9.17) is 0 Å². The van der Waals surface area contributed by atoms with Gasteiger partial charge in [0, 0.05) is 0 Å². The average molecular weight is 154 g/mol. The van der Waals surface area contributed by atoms with Crippen LogP contribution in [0.3, 0.4) is 0 Å². The van der Waals surface area contributed by atoms with Gasteiger partial charge in [0.05, 0.1) is 6.10 Å². The molecule has 1 N–H and O–H groups in total. The minimum atomic E-state index is -0.0880. The number of hydrogen-bond acceptors (Lipinski definition) is 1. The van der Waals surface area contributed by atoms with Gasteiger partial charge in [0.2, 0.25) is 0 Å². The van der Waals surface area contributed by atoms with Crippen molar-refractivity contribution >= 4 is 0 Å². The third kappa shape index (κ3) is 2.06. The Morgan fingerprint density at radius 1 is 1.45 bits per heavy atom. The second-order valence-corrected chi connectivity index (χ2v) is 3.56. The van der Waals surface area contributed by atoms with Crippen LogP contribution < -0.4 is 0 Å². The Morgan fingerprint density at radius 2 is 2.09 bits per heavy atom. The van der Waals surface area contributed by atoms with E-state index in [1.165, 1.54) is 0 Å². The first-order valence-corrected chi connectivity index (χ1v) is 4.58. The highest BCUT2D eigenvalue weighted by molar-refractivity contribution is 4.95. The molecule has 11 heavy (non-hydrogen) atoms. The van der Waals surface area contributed by atoms with E-state index in [0.717, 1.165) is 19.3 Å². The van der Waals surface area contributed by atoms with Gasteiger partial charge in [0.25, 0.3) is 0 Å². The predicted octanol–water partition coefficient (Wildman–Crippen LogP) is 2.36. The summed E-state index contributed by atoms with van der Waals surface area (Å²) >= 11 is 0. The molecule has 0 saturated carbocycles. The lowest BCUT2D eigenvalue weighted by molar-refractivity contribution is 0.0725. The highest BCUT2D eigenvalue weighted by Gasteiger charge is 2.23. The first-order valence-electron chi connectivity index (χ1n) is 4.58. The van der Waals surface area contributed by atoms with Gasteiger partial charge in [-0.2, -0.15) is 0 Å². The molecule has 1 aliphatic carbocycles. The van der Waals surface area contributed by atoms with E-state index in [0.29, 0.717) is 11.8 Å². The lowest BCUT2D eigenvalue weighted by Crippen LogP contribution is -2.26. The summed E-state index contributed by atoms with van der Waals surface area (Å²) in [5, 5.41) is 9.62. The smallest absolute Gasteiger partial charge is 0.0571 e. The van der Waals surface area contributed by atoms with Crippen LogP contribution in [-0.4, -0.2) is 11.2 Å². The Kier molecular flexibility index (Phi) is 3.13. The number of rotatable bonds is 2. The van der Waals surface area contributed by atoms with Crippen LogP contribution in [0.25, 0.3) is 0 Å². The van der Waals surface area contributed by atoms with Crippen molar-refractivity contribution in [3.8, 4) is 0 Å². The summed E-state index contributed by atoms with van der Waals surface area (Å²) in [5.74, 6) is 1.17.